The van der Waals surface area contributed by atoms with Crippen LogP contribution in [0, 0.1) is 0 Å². The normalized spacial score (nSPS) is 20.6. The lowest BCUT2D eigenvalue weighted by Gasteiger charge is -2.39. The summed E-state index contributed by atoms with van der Waals surface area (Å²) in [4.78, 5) is 5.33. The second kappa shape index (κ2) is 8.87. The number of likely N-dealkylation sites (tertiary alicyclic amines) is 1. The quantitative estimate of drug-likeness (QED) is 0.792. The minimum absolute atomic E-state index is 0.465. The number of hydrogen-bond acceptors (Lipinski definition) is 4. The molecule has 27 heavy (non-hydrogen) atoms. The Labute approximate surface area is 163 Å². The van der Waals surface area contributed by atoms with Crippen molar-refractivity contribution >= 4 is 5.69 Å². The molecule has 4 rings (SSSR count). The predicted molar refractivity (Wildman–Crippen MR) is 113 cm³/mol. The van der Waals surface area contributed by atoms with Crippen LogP contribution in [0.15, 0.2) is 48.5 Å². The maximum atomic E-state index is 5.68. The van der Waals surface area contributed by atoms with E-state index in [-0.39, 0.29) is 0 Å². The van der Waals surface area contributed by atoms with Crippen LogP contribution in [0.1, 0.15) is 35.6 Å². The second-order valence-electron chi connectivity index (χ2n) is 7.86. The van der Waals surface area contributed by atoms with E-state index in [0.29, 0.717) is 12.6 Å². The lowest BCUT2D eigenvalue weighted by atomic mass is 9.91. The van der Waals surface area contributed by atoms with Crippen molar-refractivity contribution < 1.29 is 0 Å². The number of rotatable bonds is 7. The third-order valence-electron chi connectivity index (χ3n) is 5.95. The van der Waals surface area contributed by atoms with Gasteiger partial charge in [-0.15, -0.1) is 0 Å². The summed E-state index contributed by atoms with van der Waals surface area (Å²) in [7, 11) is 0. The second-order valence-corrected chi connectivity index (χ2v) is 7.86. The summed E-state index contributed by atoms with van der Waals surface area (Å²) in [5.41, 5.74) is 11.3. The summed E-state index contributed by atoms with van der Waals surface area (Å²) >= 11 is 0. The van der Waals surface area contributed by atoms with Crippen molar-refractivity contribution in [3.63, 3.8) is 0 Å². The highest BCUT2D eigenvalue weighted by Gasteiger charge is 2.30. The van der Waals surface area contributed by atoms with Crippen LogP contribution < -0.4 is 11.1 Å². The Morgan fingerprint density at radius 1 is 1.00 bits per heavy atom. The molecule has 0 saturated carbocycles. The van der Waals surface area contributed by atoms with Crippen molar-refractivity contribution in [3.05, 3.63) is 65.2 Å². The molecular weight excluding hydrogens is 332 g/mol. The van der Waals surface area contributed by atoms with Crippen molar-refractivity contribution in [2.75, 3.05) is 44.6 Å². The fourth-order valence-electron chi connectivity index (χ4n) is 4.51. The molecule has 4 heteroatoms. The smallest absolute Gasteiger partial charge is 0.0482 e. The third-order valence-corrected chi connectivity index (χ3v) is 5.95. The highest BCUT2D eigenvalue weighted by atomic mass is 15.2. The minimum Gasteiger partial charge on any atom is -0.384 e. The number of anilines is 1. The Morgan fingerprint density at radius 2 is 1.81 bits per heavy atom. The summed E-state index contributed by atoms with van der Waals surface area (Å²) in [5, 5.41) is 3.47. The monoisotopic (exact) mass is 364 g/mol. The molecule has 0 aliphatic carbocycles. The maximum absolute atomic E-state index is 5.68. The highest BCUT2D eigenvalue weighted by molar-refractivity contribution is 5.50. The first-order valence-corrected chi connectivity index (χ1v) is 10.4. The van der Waals surface area contributed by atoms with Crippen LogP contribution in [-0.4, -0.2) is 49.1 Å². The molecule has 0 radical (unpaired) electrons. The van der Waals surface area contributed by atoms with Crippen LogP contribution >= 0.6 is 0 Å². The molecule has 0 bridgehead atoms. The standard InChI is InChI=1S/C23H32N4/c24-11-12-25-21-9-8-20-10-15-27(17-19-6-2-1-3-7-19)23(22(20)16-21)18-26-13-4-5-14-26/h1-3,6-9,16,23,25H,4-5,10-15,17-18,24H2. The van der Waals surface area contributed by atoms with Crippen molar-refractivity contribution in [1.29, 1.82) is 0 Å². The molecule has 0 spiro atoms. The van der Waals surface area contributed by atoms with Crippen LogP contribution in [0.5, 0.6) is 0 Å². The maximum Gasteiger partial charge on any atom is 0.0482 e. The number of nitrogens with one attached hydrogen (secondary N) is 1. The number of benzene rings is 2. The average Bonchev–Trinajstić information content (AvgIpc) is 3.22. The highest BCUT2D eigenvalue weighted by Crippen LogP contribution is 2.34. The zero-order valence-electron chi connectivity index (χ0n) is 16.2. The van der Waals surface area contributed by atoms with Gasteiger partial charge < -0.3 is 16.0 Å². The number of fused-ring (bicyclic) bond motifs is 1. The van der Waals surface area contributed by atoms with Gasteiger partial charge in [-0.1, -0.05) is 36.4 Å². The van der Waals surface area contributed by atoms with E-state index in [9.17, 15) is 0 Å². The predicted octanol–water partition coefficient (Wildman–Crippen LogP) is 3.25. The Kier molecular flexibility index (Phi) is 6.07. The van der Waals surface area contributed by atoms with Crippen LogP contribution in [0.4, 0.5) is 5.69 Å². The molecule has 1 unspecified atom stereocenters. The molecule has 2 aromatic rings. The lowest BCUT2D eigenvalue weighted by molar-refractivity contribution is 0.134. The number of nitrogens with zero attached hydrogens (tertiary/aromatic N) is 2. The van der Waals surface area contributed by atoms with E-state index >= 15 is 0 Å². The van der Waals surface area contributed by atoms with E-state index in [4.69, 9.17) is 5.73 Å². The summed E-state index contributed by atoms with van der Waals surface area (Å²) < 4.78 is 0. The van der Waals surface area contributed by atoms with E-state index in [2.05, 4.69) is 63.6 Å². The summed E-state index contributed by atoms with van der Waals surface area (Å²) in [5.74, 6) is 0. The minimum atomic E-state index is 0.465. The number of hydrogen-bond donors (Lipinski definition) is 2. The van der Waals surface area contributed by atoms with Gasteiger partial charge in [-0.2, -0.15) is 0 Å². The fraction of sp³-hybridized carbons (Fsp3) is 0.478. The molecule has 1 fully saturated rings. The van der Waals surface area contributed by atoms with Crippen molar-refractivity contribution in [2.45, 2.75) is 31.8 Å². The molecule has 2 aromatic carbocycles. The zero-order valence-corrected chi connectivity index (χ0v) is 16.2. The Morgan fingerprint density at radius 3 is 2.59 bits per heavy atom. The molecule has 2 aliphatic heterocycles. The third kappa shape index (κ3) is 4.52. The van der Waals surface area contributed by atoms with Gasteiger partial charge in [-0.3, -0.25) is 4.90 Å². The van der Waals surface area contributed by atoms with Gasteiger partial charge in [0.15, 0.2) is 0 Å². The molecule has 144 valence electrons. The summed E-state index contributed by atoms with van der Waals surface area (Å²) in [6.07, 6.45) is 3.82. The fourth-order valence-corrected chi connectivity index (χ4v) is 4.51. The average molecular weight is 365 g/mol. The van der Waals surface area contributed by atoms with Crippen molar-refractivity contribution in [1.82, 2.24) is 9.80 Å². The van der Waals surface area contributed by atoms with Crippen LogP contribution in [0.2, 0.25) is 0 Å². The summed E-state index contributed by atoms with van der Waals surface area (Å²) in [6, 6.07) is 18.3. The molecule has 0 aromatic heterocycles. The van der Waals surface area contributed by atoms with E-state index in [1.165, 1.54) is 48.3 Å². The van der Waals surface area contributed by atoms with Crippen LogP contribution in [-0.2, 0) is 13.0 Å². The SMILES string of the molecule is NCCNc1ccc2c(c1)C(CN1CCCC1)N(Cc1ccccc1)CC2. The Balaban J connectivity index is 1.60. The molecular formula is C23H32N4. The summed E-state index contributed by atoms with van der Waals surface area (Å²) in [6.45, 7) is 7.28. The van der Waals surface area contributed by atoms with Gasteiger partial charge >= 0.3 is 0 Å². The van der Waals surface area contributed by atoms with E-state index in [1.807, 2.05) is 0 Å². The molecule has 2 aliphatic rings. The first-order chi connectivity index (χ1) is 13.3. The Hall–Kier alpha value is -1.88. The van der Waals surface area contributed by atoms with Gasteiger partial charge in [0.2, 0.25) is 0 Å². The van der Waals surface area contributed by atoms with Gasteiger partial charge in [-0.05, 0) is 61.2 Å². The largest absolute Gasteiger partial charge is 0.384 e. The van der Waals surface area contributed by atoms with Gasteiger partial charge in [-0.25, -0.2) is 0 Å². The van der Waals surface area contributed by atoms with E-state index < -0.39 is 0 Å². The van der Waals surface area contributed by atoms with Gasteiger partial charge in [0.05, 0.1) is 0 Å². The van der Waals surface area contributed by atoms with Crippen molar-refractivity contribution in [2.24, 2.45) is 5.73 Å². The molecule has 1 saturated heterocycles. The van der Waals surface area contributed by atoms with Crippen LogP contribution in [0.3, 0.4) is 0 Å². The number of nitrogens with two attached hydrogens (primary N) is 1. The first-order valence-electron chi connectivity index (χ1n) is 10.4. The lowest BCUT2D eigenvalue weighted by Crippen LogP contribution is -2.41. The topological polar surface area (TPSA) is 44.5 Å². The molecule has 4 nitrogen and oxygen atoms in total. The van der Waals surface area contributed by atoms with Gasteiger partial charge in [0.1, 0.15) is 0 Å². The Bertz CT molecular complexity index is 724. The zero-order chi connectivity index (χ0) is 18.5. The van der Waals surface area contributed by atoms with Gasteiger partial charge in [0, 0.05) is 44.5 Å². The molecule has 1 atom stereocenters. The molecule has 3 N–H and O–H groups in total. The van der Waals surface area contributed by atoms with Crippen LogP contribution in [0.25, 0.3) is 0 Å². The molecule has 0 amide bonds. The van der Waals surface area contributed by atoms with Gasteiger partial charge in [0.25, 0.3) is 0 Å². The van der Waals surface area contributed by atoms with E-state index in [1.54, 1.807) is 0 Å². The first kappa shape index (κ1) is 18.5. The van der Waals surface area contributed by atoms with E-state index in [0.717, 1.165) is 32.6 Å². The molecule has 2 heterocycles. The van der Waals surface area contributed by atoms with Crippen molar-refractivity contribution in [3.8, 4) is 0 Å².